The number of likely N-dealkylation sites (tertiary alicyclic amines) is 1. The van der Waals surface area contributed by atoms with Crippen LogP contribution in [-0.2, 0) is 13.5 Å². The fourth-order valence-electron chi connectivity index (χ4n) is 4.25. The standard InChI is InChI=1S/C18H31N5/c1-19-17(20-11-6-7-16-13-21-22(2)14-16)23-12-10-18(15-23)8-4-3-5-9-18/h13-14H,3-12,15H2,1-2H3,(H,19,20). The molecule has 0 bridgehead atoms. The van der Waals surface area contributed by atoms with Crippen LogP contribution in [0.25, 0.3) is 0 Å². The molecule has 0 atom stereocenters. The molecule has 5 nitrogen and oxygen atoms in total. The van der Waals surface area contributed by atoms with Gasteiger partial charge in [-0.1, -0.05) is 19.3 Å². The molecule has 1 aromatic rings. The molecule has 23 heavy (non-hydrogen) atoms. The second kappa shape index (κ2) is 7.37. The number of aromatic nitrogens is 2. The fraction of sp³-hybridized carbons (Fsp3) is 0.778. The number of hydrogen-bond acceptors (Lipinski definition) is 2. The topological polar surface area (TPSA) is 45.5 Å². The Morgan fingerprint density at radius 1 is 1.30 bits per heavy atom. The van der Waals surface area contributed by atoms with Gasteiger partial charge in [0.2, 0.25) is 0 Å². The van der Waals surface area contributed by atoms with Gasteiger partial charge in [0.05, 0.1) is 6.20 Å². The van der Waals surface area contributed by atoms with E-state index in [0.717, 1.165) is 25.3 Å². The largest absolute Gasteiger partial charge is 0.356 e. The summed E-state index contributed by atoms with van der Waals surface area (Å²) in [6.07, 6.45) is 14.7. The van der Waals surface area contributed by atoms with Gasteiger partial charge >= 0.3 is 0 Å². The van der Waals surface area contributed by atoms with Crippen LogP contribution in [-0.4, -0.2) is 47.3 Å². The molecular weight excluding hydrogens is 286 g/mol. The quantitative estimate of drug-likeness (QED) is 0.527. The first-order chi connectivity index (χ1) is 11.2. The van der Waals surface area contributed by atoms with E-state index in [2.05, 4.69) is 26.5 Å². The molecule has 2 aliphatic rings. The zero-order valence-electron chi connectivity index (χ0n) is 14.7. The lowest BCUT2D eigenvalue weighted by Gasteiger charge is -2.33. The van der Waals surface area contributed by atoms with Crippen molar-refractivity contribution < 1.29 is 0 Å². The van der Waals surface area contributed by atoms with Crippen LogP contribution in [0.5, 0.6) is 0 Å². The van der Waals surface area contributed by atoms with Gasteiger partial charge < -0.3 is 10.2 Å². The van der Waals surface area contributed by atoms with Crippen molar-refractivity contribution in [1.29, 1.82) is 0 Å². The zero-order chi connectivity index (χ0) is 16.1. The van der Waals surface area contributed by atoms with E-state index in [4.69, 9.17) is 0 Å². The molecule has 1 saturated carbocycles. The number of aryl methyl sites for hydroxylation is 2. The van der Waals surface area contributed by atoms with Crippen molar-refractivity contribution in [2.45, 2.75) is 51.4 Å². The lowest BCUT2D eigenvalue weighted by atomic mass is 9.73. The van der Waals surface area contributed by atoms with E-state index in [0.29, 0.717) is 5.41 Å². The number of nitrogens with one attached hydrogen (secondary N) is 1. The number of nitrogens with zero attached hydrogens (tertiary/aromatic N) is 4. The molecule has 128 valence electrons. The molecule has 2 heterocycles. The van der Waals surface area contributed by atoms with Crippen LogP contribution in [0.3, 0.4) is 0 Å². The summed E-state index contributed by atoms with van der Waals surface area (Å²) in [5.74, 6) is 1.10. The highest BCUT2D eigenvalue weighted by Gasteiger charge is 2.39. The minimum Gasteiger partial charge on any atom is -0.356 e. The smallest absolute Gasteiger partial charge is 0.193 e. The molecule has 0 radical (unpaired) electrons. The molecular formula is C18H31N5. The van der Waals surface area contributed by atoms with Crippen molar-refractivity contribution in [2.24, 2.45) is 17.5 Å². The highest BCUT2D eigenvalue weighted by molar-refractivity contribution is 5.80. The lowest BCUT2D eigenvalue weighted by Crippen LogP contribution is -2.42. The average Bonchev–Trinajstić information content (AvgIpc) is 3.15. The maximum atomic E-state index is 4.51. The normalized spacial score (nSPS) is 21.1. The number of guanidine groups is 1. The molecule has 1 aromatic heterocycles. The number of hydrogen-bond donors (Lipinski definition) is 1. The molecule has 5 heteroatoms. The van der Waals surface area contributed by atoms with Gasteiger partial charge in [-0.2, -0.15) is 5.10 Å². The summed E-state index contributed by atoms with van der Waals surface area (Å²) in [6.45, 7) is 3.35. The molecule has 0 amide bonds. The van der Waals surface area contributed by atoms with E-state index in [1.807, 2.05) is 25.0 Å². The molecule has 1 saturated heterocycles. The Bertz CT molecular complexity index is 527. The third-order valence-corrected chi connectivity index (χ3v) is 5.55. The van der Waals surface area contributed by atoms with Crippen molar-refractivity contribution in [3.8, 4) is 0 Å². The maximum absolute atomic E-state index is 4.51. The summed E-state index contributed by atoms with van der Waals surface area (Å²) in [5, 5.41) is 7.78. The second-order valence-electron chi connectivity index (χ2n) is 7.33. The molecule has 0 unspecified atom stereocenters. The van der Waals surface area contributed by atoms with Crippen molar-refractivity contribution in [2.75, 3.05) is 26.7 Å². The Balaban J connectivity index is 1.43. The molecule has 1 aliphatic heterocycles. The Kier molecular flexibility index (Phi) is 5.23. The van der Waals surface area contributed by atoms with Crippen molar-refractivity contribution >= 4 is 5.96 Å². The van der Waals surface area contributed by atoms with Crippen LogP contribution >= 0.6 is 0 Å². The molecule has 1 spiro atoms. The zero-order valence-corrected chi connectivity index (χ0v) is 14.7. The van der Waals surface area contributed by atoms with Gasteiger partial charge in [0, 0.05) is 39.9 Å². The van der Waals surface area contributed by atoms with Crippen LogP contribution in [0.2, 0.25) is 0 Å². The summed E-state index contributed by atoms with van der Waals surface area (Å²) in [4.78, 5) is 6.99. The molecule has 1 aliphatic carbocycles. The van der Waals surface area contributed by atoms with E-state index in [-0.39, 0.29) is 0 Å². The van der Waals surface area contributed by atoms with E-state index in [9.17, 15) is 0 Å². The predicted molar refractivity (Wildman–Crippen MR) is 94.6 cm³/mol. The van der Waals surface area contributed by atoms with Gasteiger partial charge in [-0.05, 0) is 43.1 Å². The summed E-state index contributed by atoms with van der Waals surface area (Å²) in [7, 11) is 3.88. The Morgan fingerprint density at radius 3 is 2.83 bits per heavy atom. The van der Waals surface area contributed by atoms with Crippen LogP contribution in [0.15, 0.2) is 17.4 Å². The third kappa shape index (κ3) is 4.06. The van der Waals surface area contributed by atoms with Crippen molar-refractivity contribution in [3.63, 3.8) is 0 Å². The van der Waals surface area contributed by atoms with Gasteiger partial charge in [0.15, 0.2) is 5.96 Å². The fourth-order valence-corrected chi connectivity index (χ4v) is 4.25. The first kappa shape index (κ1) is 16.3. The van der Waals surface area contributed by atoms with Gasteiger partial charge in [-0.15, -0.1) is 0 Å². The lowest BCUT2D eigenvalue weighted by molar-refractivity contribution is 0.203. The van der Waals surface area contributed by atoms with Gasteiger partial charge in [-0.3, -0.25) is 9.67 Å². The summed E-state index contributed by atoms with van der Waals surface area (Å²) in [5.41, 5.74) is 1.90. The Hall–Kier alpha value is -1.52. The SMILES string of the molecule is CN=C(NCCCc1cnn(C)c1)N1CCC2(CCCCC2)C1. The average molecular weight is 317 g/mol. The third-order valence-electron chi connectivity index (χ3n) is 5.55. The van der Waals surface area contributed by atoms with E-state index in [1.165, 1.54) is 57.2 Å². The van der Waals surface area contributed by atoms with Gasteiger partial charge in [0.25, 0.3) is 0 Å². The number of aliphatic imine (C=N–C) groups is 1. The monoisotopic (exact) mass is 317 g/mol. The predicted octanol–water partition coefficient (Wildman–Crippen LogP) is 2.58. The van der Waals surface area contributed by atoms with E-state index >= 15 is 0 Å². The van der Waals surface area contributed by atoms with Crippen molar-refractivity contribution in [1.82, 2.24) is 20.0 Å². The highest BCUT2D eigenvalue weighted by atomic mass is 15.3. The minimum atomic E-state index is 0.589. The van der Waals surface area contributed by atoms with Gasteiger partial charge in [-0.25, -0.2) is 0 Å². The van der Waals surface area contributed by atoms with Crippen molar-refractivity contribution in [3.05, 3.63) is 18.0 Å². The van der Waals surface area contributed by atoms with Crippen LogP contribution in [0.4, 0.5) is 0 Å². The molecule has 3 rings (SSSR count). The van der Waals surface area contributed by atoms with Crippen LogP contribution in [0.1, 0.15) is 50.5 Å². The van der Waals surface area contributed by atoms with Crippen LogP contribution in [0, 0.1) is 5.41 Å². The minimum absolute atomic E-state index is 0.589. The van der Waals surface area contributed by atoms with E-state index in [1.54, 1.807) is 0 Å². The van der Waals surface area contributed by atoms with Crippen LogP contribution < -0.4 is 5.32 Å². The summed E-state index contributed by atoms with van der Waals surface area (Å²) in [6, 6.07) is 0. The summed E-state index contributed by atoms with van der Waals surface area (Å²) >= 11 is 0. The first-order valence-electron chi connectivity index (χ1n) is 9.14. The molecule has 1 N–H and O–H groups in total. The van der Waals surface area contributed by atoms with Gasteiger partial charge in [0.1, 0.15) is 0 Å². The second-order valence-corrected chi connectivity index (χ2v) is 7.33. The molecule has 0 aromatic carbocycles. The van der Waals surface area contributed by atoms with E-state index < -0.39 is 0 Å². The molecule has 2 fully saturated rings. The Labute approximate surface area is 140 Å². The first-order valence-corrected chi connectivity index (χ1v) is 9.14. The Morgan fingerprint density at radius 2 is 2.13 bits per heavy atom. The maximum Gasteiger partial charge on any atom is 0.193 e. The highest BCUT2D eigenvalue weighted by Crippen LogP contribution is 2.43. The number of rotatable bonds is 4. The summed E-state index contributed by atoms with van der Waals surface area (Å²) < 4.78 is 1.87.